The van der Waals surface area contributed by atoms with Crippen LogP contribution in [0.2, 0.25) is 0 Å². The van der Waals surface area contributed by atoms with Gasteiger partial charge in [0.15, 0.2) is 16.8 Å². The van der Waals surface area contributed by atoms with Crippen molar-refractivity contribution in [3.8, 4) is 17.6 Å². The highest BCUT2D eigenvalue weighted by Crippen LogP contribution is 2.20. The first-order valence-corrected chi connectivity index (χ1v) is 8.70. The van der Waals surface area contributed by atoms with Crippen LogP contribution < -0.4 is 9.47 Å². The molecule has 1 heterocycles. The Morgan fingerprint density at radius 3 is 2.58 bits per heavy atom. The largest absolute Gasteiger partial charge is 0.497 e. The maximum Gasteiger partial charge on any atom is 0.191 e. The van der Waals surface area contributed by atoms with Crippen LogP contribution in [0.25, 0.3) is 0 Å². The number of carbonyl (C=O) groups excluding carboxylic acids is 1. The fraction of sp³-hybridized carbons (Fsp3) is 0.353. The number of hydrogen-bond acceptors (Lipinski definition) is 8. The molecule has 26 heavy (non-hydrogen) atoms. The van der Waals surface area contributed by atoms with E-state index in [2.05, 4.69) is 10.2 Å². The molecule has 9 heteroatoms. The van der Waals surface area contributed by atoms with Crippen LogP contribution in [-0.2, 0) is 18.4 Å². The summed E-state index contributed by atoms with van der Waals surface area (Å²) in [5.74, 6) is 0.764. The molecule has 0 fully saturated rings. The average Bonchev–Trinajstić information content (AvgIpc) is 2.98. The van der Waals surface area contributed by atoms with Gasteiger partial charge >= 0.3 is 0 Å². The van der Waals surface area contributed by atoms with E-state index in [9.17, 15) is 4.79 Å². The summed E-state index contributed by atoms with van der Waals surface area (Å²) in [7, 11) is 3.38. The van der Waals surface area contributed by atoms with Gasteiger partial charge in [0.2, 0.25) is 0 Å². The van der Waals surface area contributed by atoms with E-state index in [0.717, 1.165) is 5.75 Å². The van der Waals surface area contributed by atoms with Gasteiger partial charge in [0, 0.05) is 12.8 Å². The molecule has 0 saturated heterocycles. The third-order valence-electron chi connectivity index (χ3n) is 3.58. The van der Waals surface area contributed by atoms with Gasteiger partial charge in [-0.25, -0.2) is 0 Å². The summed E-state index contributed by atoms with van der Waals surface area (Å²) >= 11 is 1.18. The highest BCUT2D eigenvalue weighted by molar-refractivity contribution is 7.99. The van der Waals surface area contributed by atoms with E-state index in [0.29, 0.717) is 16.7 Å². The number of thioether (sulfide) groups is 1. The number of Topliss-reactive ketones (excluding diaryl/α,β-unsaturated/α-hetero) is 1. The van der Waals surface area contributed by atoms with Gasteiger partial charge in [0.1, 0.15) is 24.0 Å². The van der Waals surface area contributed by atoms with Gasteiger partial charge in [0.05, 0.1) is 18.9 Å². The summed E-state index contributed by atoms with van der Waals surface area (Å²) < 4.78 is 12.5. The molecule has 2 rings (SSSR count). The molecule has 0 aliphatic heterocycles. The van der Waals surface area contributed by atoms with Crippen molar-refractivity contribution in [1.29, 1.82) is 10.7 Å². The number of benzene rings is 1. The topological polar surface area (TPSA) is 114 Å². The molecule has 0 spiro atoms. The normalized spacial score (nSPS) is 11.5. The molecule has 0 amide bonds. The van der Waals surface area contributed by atoms with Gasteiger partial charge in [-0.15, -0.1) is 10.2 Å². The van der Waals surface area contributed by atoms with Crippen LogP contribution >= 0.6 is 11.8 Å². The Hall–Kier alpha value is -2.86. The number of methoxy groups -OCH3 is 1. The van der Waals surface area contributed by atoms with E-state index in [1.54, 1.807) is 43.0 Å². The van der Waals surface area contributed by atoms with Crippen LogP contribution in [0.15, 0.2) is 29.4 Å². The van der Waals surface area contributed by atoms with Crippen LogP contribution in [0.3, 0.4) is 0 Å². The van der Waals surface area contributed by atoms with Gasteiger partial charge in [-0.3, -0.25) is 4.79 Å². The minimum atomic E-state index is -1.01. The van der Waals surface area contributed by atoms with E-state index < -0.39 is 5.92 Å². The Morgan fingerprint density at radius 2 is 2.00 bits per heavy atom. The zero-order chi connectivity index (χ0) is 19.1. The minimum Gasteiger partial charge on any atom is -0.497 e. The molecule has 1 N–H and O–H groups in total. The third kappa shape index (κ3) is 4.83. The average molecular weight is 373 g/mol. The number of ether oxygens (including phenoxy) is 2. The van der Waals surface area contributed by atoms with E-state index in [1.165, 1.54) is 18.7 Å². The molecule has 0 saturated carbocycles. The zero-order valence-electron chi connectivity index (χ0n) is 14.7. The van der Waals surface area contributed by atoms with Gasteiger partial charge in [-0.1, -0.05) is 11.8 Å². The number of nitriles is 1. The lowest BCUT2D eigenvalue weighted by molar-refractivity contribution is -0.117. The standard InChI is InChI=1S/C17H19N5O3S/c1-11(19)14(8-18)15(23)10-26-17-21-20-16(22(17)2)9-25-13-6-4-12(24-3)5-7-13/h4-7,14,19H,9-10H2,1-3H3. The van der Waals surface area contributed by atoms with Crippen molar-refractivity contribution in [3.63, 3.8) is 0 Å². The first-order valence-electron chi connectivity index (χ1n) is 7.71. The molecular weight excluding hydrogens is 354 g/mol. The van der Waals surface area contributed by atoms with E-state index in [4.69, 9.17) is 20.1 Å². The molecule has 8 nitrogen and oxygen atoms in total. The van der Waals surface area contributed by atoms with E-state index >= 15 is 0 Å². The number of nitrogens with one attached hydrogen (secondary N) is 1. The summed E-state index contributed by atoms with van der Waals surface area (Å²) in [5.41, 5.74) is 0.0460. The Morgan fingerprint density at radius 1 is 1.35 bits per heavy atom. The quantitative estimate of drug-likeness (QED) is 0.529. The second-order valence-corrected chi connectivity index (χ2v) is 6.36. The number of hydrogen-bond donors (Lipinski definition) is 1. The minimum absolute atomic E-state index is 0.0460. The van der Waals surface area contributed by atoms with Gasteiger partial charge in [-0.2, -0.15) is 5.26 Å². The molecule has 0 bridgehead atoms. The highest BCUT2D eigenvalue weighted by atomic mass is 32.2. The van der Waals surface area contributed by atoms with Gasteiger partial charge < -0.3 is 19.5 Å². The molecule has 0 aliphatic rings. The number of rotatable bonds is 9. The predicted octanol–water partition coefficient (Wildman–Crippen LogP) is 2.24. The van der Waals surface area contributed by atoms with Crippen LogP contribution in [0.4, 0.5) is 0 Å². The number of ketones is 1. The van der Waals surface area contributed by atoms with Crippen molar-refractivity contribution >= 4 is 23.3 Å². The SMILES string of the molecule is COc1ccc(OCc2nnc(SCC(=O)C(C#N)C(C)=N)n2C)cc1. The second-order valence-electron chi connectivity index (χ2n) is 5.42. The van der Waals surface area contributed by atoms with E-state index in [-0.39, 0.29) is 23.9 Å². The Kier molecular flexibility index (Phi) is 6.74. The maximum atomic E-state index is 12.0. The van der Waals surface area contributed by atoms with E-state index in [1.807, 2.05) is 6.07 Å². The fourth-order valence-electron chi connectivity index (χ4n) is 2.05. The predicted molar refractivity (Wildman–Crippen MR) is 96.6 cm³/mol. The monoisotopic (exact) mass is 373 g/mol. The fourth-order valence-corrected chi connectivity index (χ4v) is 2.88. The highest BCUT2D eigenvalue weighted by Gasteiger charge is 2.21. The Bertz CT molecular complexity index is 826. The molecule has 1 aromatic heterocycles. The third-order valence-corrected chi connectivity index (χ3v) is 4.62. The van der Waals surface area contributed by atoms with Crippen molar-refractivity contribution in [1.82, 2.24) is 14.8 Å². The zero-order valence-corrected chi connectivity index (χ0v) is 15.5. The Balaban J connectivity index is 1.93. The smallest absolute Gasteiger partial charge is 0.191 e. The Labute approximate surface area is 155 Å². The van der Waals surface area contributed by atoms with Gasteiger partial charge in [-0.05, 0) is 31.2 Å². The first kappa shape index (κ1) is 19.5. The van der Waals surface area contributed by atoms with Crippen molar-refractivity contribution in [2.75, 3.05) is 12.9 Å². The molecule has 0 radical (unpaired) electrons. The molecule has 1 unspecified atom stereocenters. The summed E-state index contributed by atoms with van der Waals surface area (Å²) in [6, 6.07) is 9.04. The second kappa shape index (κ2) is 9.01. The summed E-state index contributed by atoms with van der Waals surface area (Å²) in [5, 5.41) is 25.1. The lowest BCUT2D eigenvalue weighted by Crippen LogP contribution is -2.21. The first-order chi connectivity index (χ1) is 12.5. The molecule has 2 aromatic rings. The van der Waals surface area contributed by atoms with Crippen molar-refractivity contribution in [2.24, 2.45) is 13.0 Å². The van der Waals surface area contributed by atoms with Crippen molar-refractivity contribution in [2.45, 2.75) is 18.7 Å². The summed E-state index contributed by atoms with van der Waals surface area (Å²) in [6.07, 6.45) is 0. The van der Waals surface area contributed by atoms with Gasteiger partial charge in [0.25, 0.3) is 0 Å². The number of nitrogens with zero attached hydrogens (tertiary/aromatic N) is 4. The lowest BCUT2D eigenvalue weighted by atomic mass is 10.0. The van der Waals surface area contributed by atoms with Crippen LogP contribution in [0.5, 0.6) is 11.5 Å². The lowest BCUT2D eigenvalue weighted by Gasteiger charge is -2.08. The van der Waals surface area contributed by atoms with Crippen LogP contribution in [0, 0.1) is 22.7 Å². The van der Waals surface area contributed by atoms with Crippen LogP contribution in [-0.4, -0.2) is 39.1 Å². The van der Waals surface area contributed by atoms with Crippen molar-refractivity contribution in [3.05, 3.63) is 30.1 Å². The number of aromatic nitrogens is 3. The summed E-state index contributed by atoms with van der Waals surface area (Å²) in [6.45, 7) is 1.68. The number of carbonyl (C=O) groups is 1. The molecule has 136 valence electrons. The maximum absolute atomic E-state index is 12.0. The molecular formula is C17H19N5O3S. The molecule has 0 aliphatic carbocycles. The molecule has 1 aromatic carbocycles. The molecule has 1 atom stereocenters. The summed E-state index contributed by atoms with van der Waals surface area (Å²) in [4.78, 5) is 12.0. The van der Waals surface area contributed by atoms with Crippen molar-refractivity contribution < 1.29 is 14.3 Å². The van der Waals surface area contributed by atoms with Crippen LogP contribution in [0.1, 0.15) is 12.7 Å².